The number of fused-ring (bicyclic) bond motifs is 1. The molecule has 0 radical (unpaired) electrons. The lowest BCUT2D eigenvalue weighted by atomic mass is 10.3. The Balaban J connectivity index is 1.57. The molecule has 0 saturated carbocycles. The van der Waals surface area contributed by atoms with Crippen LogP contribution < -0.4 is 10.6 Å². The van der Waals surface area contributed by atoms with Gasteiger partial charge in [-0.15, -0.1) is 21.5 Å². The van der Waals surface area contributed by atoms with Gasteiger partial charge in [-0.1, -0.05) is 12.1 Å². The molecule has 3 aromatic rings. The van der Waals surface area contributed by atoms with Crippen molar-refractivity contribution < 1.29 is 9.59 Å². The molecule has 3 aromatic heterocycles. The molecule has 0 saturated heterocycles. The maximum absolute atomic E-state index is 12.1. The molecule has 8 heteroatoms. The Bertz CT molecular complexity index is 827. The van der Waals surface area contributed by atoms with Gasteiger partial charge < -0.3 is 10.6 Å². The third kappa shape index (κ3) is 3.37. The van der Waals surface area contributed by atoms with Gasteiger partial charge in [0, 0.05) is 6.20 Å². The summed E-state index contributed by atoms with van der Waals surface area (Å²) in [5, 5.41) is 15.3. The van der Waals surface area contributed by atoms with Gasteiger partial charge >= 0.3 is 0 Å². The minimum atomic E-state index is -0.635. The highest BCUT2D eigenvalue weighted by atomic mass is 32.1. The second-order valence-electron chi connectivity index (χ2n) is 4.94. The summed E-state index contributed by atoms with van der Waals surface area (Å²) >= 11 is 1.33. The monoisotopic (exact) mass is 329 g/mol. The fourth-order valence-electron chi connectivity index (χ4n) is 2.07. The SMILES string of the molecule is CC(NC(=O)c1cccs1)C(=O)NCc1nnc2ccccn12. The van der Waals surface area contributed by atoms with E-state index in [0.717, 1.165) is 5.65 Å². The van der Waals surface area contributed by atoms with E-state index in [4.69, 9.17) is 0 Å². The average Bonchev–Trinajstić information content (AvgIpc) is 3.22. The zero-order valence-electron chi connectivity index (χ0n) is 12.4. The van der Waals surface area contributed by atoms with Crippen molar-refractivity contribution in [2.24, 2.45) is 0 Å². The second kappa shape index (κ2) is 6.57. The van der Waals surface area contributed by atoms with Crippen LogP contribution in [0.5, 0.6) is 0 Å². The van der Waals surface area contributed by atoms with Gasteiger partial charge in [0.25, 0.3) is 5.91 Å². The van der Waals surface area contributed by atoms with Gasteiger partial charge in [-0.25, -0.2) is 0 Å². The largest absolute Gasteiger partial charge is 0.347 e. The predicted molar refractivity (Wildman–Crippen MR) is 86.1 cm³/mol. The molecule has 0 aliphatic rings. The molecule has 7 nitrogen and oxygen atoms in total. The third-order valence-corrected chi connectivity index (χ3v) is 4.16. The topological polar surface area (TPSA) is 88.4 Å². The summed E-state index contributed by atoms with van der Waals surface area (Å²) in [5.41, 5.74) is 0.718. The van der Waals surface area contributed by atoms with Gasteiger partial charge in [0.15, 0.2) is 11.5 Å². The molecule has 23 heavy (non-hydrogen) atoms. The molecule has 0 fully saturated rings. The molecule has 2 amide bonds. The van der Waals surface area contributed by atoms with Crippen LogP contribution in [0.4, 0.5) is 0 Å². The summed E-state index contributed by atoms with van der Waals surface area (Å²) in [6.45, 7) is 1.88. The molecule has 1 unspecified atom stereocenters. The van der Waals surface area contributed by atoms with Gasteiger partial charge in [0.05, 0.1) is 11.4 Å². The van der Waals surface area contributed by atoms with E-state index in [0.29, 0.717) is 10.7 Å². The van der Waals surface area contributed by atoms with E-state index in [-0.39, 0.29) is 18.4 Å². The Morgan fingerprint density at radius 1 is 1.26 bits per heavy atom. The van der Waals surface area contributed by atoms with Crippen molar-refractivity contribution in [3.63, 3.8) is 0 Å². The highest BCUT2D eigenvalue weighted by Crippen LogP contribution is 2.08. The Morgan fingerprint density at radius 2 is 2.13 bits per heavy atom. The minimum Gasteiger partial charge on any atom is -0.347 e. The maximum atomic E-state index is 12.1. The first-order valence-corrected chi connectivity index (χ1v) is 7.94. The van der Waals surface area contributed by atoms with E-state index in [2.05, 4.69) is 20.8 Å². The molecule has 0 aromatic carbocycles. The smallest absolute Gasteiger partial charge is 0.261 e. The van der Waals surface area contributed by atoms with Crippen molar-refractivity contribution in [1.29, 1.82) is 0 Å². The highest BCUT2D eigenvalue weighted by molar-refractivity contribution is 7.12. The normalized spacial score (nSPS) is 12.0. The Labute approximate surface area is 136 Å². The average molecular weight is 329 g/mol. The van der Waals surface area contributed by atoms with Crippen LogP contribution in [-0.2, 0) is 11.3 Å². The molecular formula is C15H15N5O2S. The van der Waals surface area contributed by atoms with E-state index in [1.54, 1.807) is 23.5 Å². The number of aromatic nitrogens is 3. The first-order valence-electron chi connectivity index (χ1n) is 7.06. The molecule has 118 valence electrons. The summed E-state index contributed by atoms with van der Waals surface area (Å²) in [6.07, 6.45) is 1.83. The molecule has 0 aliphatic carbocycles. The lowest BCUT2D eigenvalue weighted by molar-refractivity contribution is -0.122. The van der Waals surface area contributed by atoms with Crippen LogP contribution >= 0.6 is 11.3 Å². The minimum absolute atomic E-state index is 0.239. The van der Waals surface area contributed by atoms with E-state index in [1.807, 2.05) is 29.8 Å². The molecule has 2 N–H and O–H groups in total. The quantitative estimate of drug-likeness (QED) is 0.737. The van der Waals surface area contributed by atoms with Gasteiger partial charge in [-0.3, -0.25) is 14.0 Å². The van der Waals surface area contributed by atoms with Gasteiger partial charge in [-0.2, -0.15) is 0 Å². The molecule has 3 rings (SSSR count). The zero-order valence-corrected chi connectivity index (χ0v) is 13.2. The predicted octanol–water partition coefficient (Wildman–Crippen LogP) is 1.23. The Kier molecular flexibility index (Phi) is 4.33. The van der Waals surface area contributed by atoms with Crippen molar-refractivity contribution in [3.05, 3.63) is 52.6 Å². The van der Waals surface area contributed by atoms with Crippen molar-refractivity contribution in [2.45, 2.75) is 19.5 Å². The van der Waals surface area contributed by atoms with Crippen LogP contribution in [0.25, 0.3) is 5.65 Å². The Morgan fingerprint density at radius 3 is 2.91 bits per heavy atom. The van der Waals surface area contributed by atoms with Crippen LogP contribution in [0, 0.1) is 0 Å². The molecule has 0 aliphatic heterocycles. The molecule has 0 spiro atoms. The zero-order chi connectivity index (χ0) is 16.2. The summed E-state index contributed by atoms with van der Waals surface area (Å²) < 4.78 is 1.80. The fraction of sp³-hybridized carbons (Fsp3) is 0.200. The lowest BCUT2D eigenvalue weighted by Gasteiger charge is -2.13. The first-order chi connectivity index (χ1) is 11.1. The van der Waals surface area contributed by atoms with E-state index in [9.17, 15) is 9.59 Å². The number of rotatable bonds is 5. The van der Waals surface area contributed by atoms with Crippen molar-refractivity contribution in [1.82, 2.24) is 25.2 Å². The highest BCUT2D eigenvalue weighted by Gasteiger charge is 2.17. The number of thiophene rings is 1. The second-order valence-corrected chi connectivity index (χ2v) is 5.88. The van der Waals surface area contributed by atoms with Crippen LogP contribution in [0.2, 0.25) is 0 Å². The molecule has 0 bridgehead atoms. The van der Waals surface area contributed by atoms with E-state index >= 15 is 0 Å². The van der Waals surface area contributed by atoms with Crippen LogP contribution in [-0.4, -0.2) is 32.5 Å². The number of pyridine rings is 1. The number of nitrogens with zero attached hydrogens (tertiary/aromatic N) is 3. The van der Waals surface area contributed by atoms with Gasteiger partial charge in [0.1, 0.15) is 6.04 Å². The lowest BCUT2D eigenvalue weighted by Crippen LogP contribution is -2.44. The van der Waals surface area contributed by atoms with Crippen molar-refractivity contribution in [3.8, 4) is 0 Å². The van der Waals surface area contributed by atoms with Gasteiger partial charge in [-0.05, 0) is 30.5 Å². The van der Waals surface area contributed by atoms with Gasteiger partial charge in [0.2, 0.25) is 5.91 Å². The van der Waals surface area contributed by atoms with Crippen LogP contribution in [0.1, 0.15) is 22.4 Å². The van der Waals surface area contributed by atoms with Crippen LogP contribution in [0.15, 0.2) is 41.9 Å². The van der Waals surface area contributed by atoms with E-state index < -0.39 is 6.04 Å². The molecular weight excluding hydrogens is 314 g/mol. The summed E-state index contributed by atoms with van der Waals surface area (Å²) in [5.74, 6) is 0.101. The number of amides is 2. The third-order valence-electron chi connectivity index (χ3n) is 3.29. The summed E-state index contributed by atoms with van der Waals surface area (Å²) in [7, 11) is 0. The maximum Gasteiger partial charge on any atom is 0.261 e. The standard InChI is InChI=1S/C15H15N5O2S/c1-10(17-15(22)11-5-4-8-23-11)14(21)16-9-13-19-18-12-6-2-3-7-20(12)13/h2-8,10H,9H2,1H3,(H,16,21)(H,17,22). The number of carbonyl (C=O) groups is 2. The van der Waals surface area contributed by atoms with E-state index in [1.165, 1.54) is 11.3 Å². The Hall–Kier alpha value is -2.74. The fourth-order valence-corrected chi connectivity index (χ4v) is 2.70. The summed E-state index contributed by atoms with van der Waals surface area (Å²) in [4.78, 5) is 24.6. The number of nitrogens with one attached hydrogen (secondary N) is 2. The summed E-state index contributed by atoms with van der Waals surface area (Å²) in [6, 6.07) is 8.44. The number of carbonyl (C=O) groups excluding carboxylic acids is 2. The first kappa shape index (κ1) is 15.2. The number of hydrogen-bond acceptors (Lipinski definition) is 5. The van der Waals surface area contributed by atoms with Crippen molar-refractivity contribution in [2.75, 3.05) is 0 Å². The van der Waals surface area contributed by atoms with Crippen molar-refractivity contribution >= 4 is 28.8 Å². The molecule has 1 atom stereocenters. The number of hydrogen-bond donors (Lipinski definition) is 2. The molecule has 3 heterocycles. The van der Waals surface area contributed by atoms with Crippen LogP contribution in [0.3, 0.4) is 0 Å².